The first-order valence-electron chi connectivity index (χ1n) is 8.73. The number of rotatable bonds is 5. The fourth-order valence-corrected chi connectivity index (χ4v) is 3.04. The number of amides is 1. The summed E-state index contributed by atoms with van der Waals surface area (Å²) in [6, 6.07) is 18.1. The molecule has 0 radical (unpaired) electrons. The Morgan fingerprint density at radius 1 is 1.00 bits per heavy atom. The summed E-state index contributed by atoms with van der Waals surface area (Å²) in [6.07, 6.45) is 1.32. The second-order valence-electron chi connectivity index (χ2n) is 6.14. The van der Waals surface area contributed by atoms with E-state index in [1.165, 1.54) is 0 Å². The smallest absolute Gasteiger partial charge is 0.220 e. The van der Waals surface area contributed by atoms with Crippen LogP contribution in [0.2, 0.25) is 0 Å². The Balaban J connectivity index is 1.85. The zero-order valence-corrected chi connectivity index (χ0v) is 14.5. The van der Waals surface area contributed by atoms with Crippen molar-refractivity contribution in [1.82, 2.24) is 25.1 Å². The molecule has 2 heterocycles. The molecule has 0 aliphatic heterocycles. The third-order valence-corrected chi connectivity index (χ3v) is 4.30. The van der Waals surface area contributed by atoms with Crippen LogP contribution in [0.3, 0.4) is 0 Å². The molecule has 0 bridgehead atoms. The fourth-order valence-electron chi connectivity index (χ4n) is 3.04. The Hall–Kier alpha value is -3.28. The molecule has 2 aromatic heterocycles. The van der Waals surface area contributed by atoms with Crippen molar-refractivity contribution < 1.29 is 4.79 Å². The molecule has 0 aliphatic rings. The van der Waals surface area contributed by atoms with Crippen molar-refractivity contribution in [3.63, 3.8) is 0 Å². The van der Waals surface area contributed by atoms with Crippen molar-refractivity contribution >= 4 is 22.3 Å². The molecule has 26 heavy (non-hydrogen) atoms. The second kappa shape index (κ2) is 6.92. The van der Waals surface area contributed by atoms with Gasteiger partial charge in [0.1, 0.15) is 0 Å². The monoisotopic (exact) mass is 345 g/mol. The average Bonchev–Trinajstić information content (AvgIpc) is 3.10. The first-order chi connectivity index (χ1) is 12.8. The fraction of sp³-hybridized carbons (Fsp3) is 0.200. The minimum absolute atomic E-state index is 0.00771. The van der Waals surface area contributed by atoms with Crippen molar-refractivity contribution in [1.29, 1.82) is 0 Å². The molecule has 0 aliphatic carbocycles. The molecule has 6 nitrogen and oxygen atoms in total. The van der Waals surface area contributed by atoms with E-state index in [9.17, 15) is 4.79 Å². The van der Waals surface area contributed by atoms with E-state index in [-0.39, 0.29) is 5.91 Å². The molecule has 1 amide bonds. The van der Waals surface area contributed by atoms with Crippen molar-refractivity contribution in [3.05, 3.63) is 60.4 Å². The molecular formula is C20H19N5O. The molecule has 0 fully saturated rings. The molecule has 0 spiro atoms. The van der Waals surface area contributed by atoms with Gasteiger partial charge in [0.2, 0.25) is 5.91 Å². The van der Waals surface area contributed by atoms with Gasteiger partial charge in [-0.1, -0.05) is 61.5 Å². The maximum Gasteiger partial charge on any atom is 0.220 e. The van der Waals surface area contributed by atoms with E-state index in [1.807, 2.05) is 61.5 Å². The zero-order chi connectivity index (χ0) is 17.9. The van der Waals surface area contributed by atoms with Crippen LogP contribution in [0.1, 0.15) is 25.6 Å². The van der Waals surface area contributed by atoms with Crippen LogP contribution in [-0.4, -0.2) is 25.7 Å². The van der Waals surface area contributed by atoms with Crippen LogP contribution < -0.4 is 5.32 Å². The number of fused-ring (bicyclic) bond motifs is 3. The van der Waals surface area contributed by atoms with Crippen molar-refractivity contribution in [3.8, 4) is 11.3 Å². The highest BCUT2D eigenvalue weighted by Gasteiger charge is 2.15. The molecule has 0 unspecified atom stereocenters. The van der Waals surface area contributed by atoms with Gasteiger partial charge in [0.15, 0.2) is 11.5 Å². The SMILES string of the molecule is CCCC(=O)NCc1nnc2c3ccccc3c(-c3ccccc3)nn12. The Labute approximate surface area is 150 Å². The van der Waals surface area contributed by atoms with E-state index in [4.69, 9.17) is 5.10 Å². The van der Waals surface area contributed by atoms with Gasteiger partial charge in [-0.15, -0.1) is 10.2 Å². The number of nitrogens with zero attached hydrogens (tertiary/aromatic N) is 4. The van der Waals surface area contributed by atoms with Gasteiger partial charge in [0, 0.05) is 22.8 Å². The highest BCUT2D eigenvalue weighted by molar-refractivity contribution is 6.01. The first kappa shape index (κ1) is 16.2. The zero-order valence-electron chi connectivity index (χ0n) is 14.5. The summed E-state index contributed by atoms with van der Waals surface area (Å²) in [5.74, 6) is 0.626. The summed E-state index contributed by atoms with van der Waals surface area (Å²) >= 11 is 0. The maximum atomic E-state index is 11.8. The van der Waals surface area contributed by atoms with Gasteiger partial charge < -0.3 is 5.32 Å². The third kappa shape index (κ3) is 2.90. The van der Waals surface area contributed by atoms with Crippen LogP contribution in [0.5, 0.6) is 0 Å². The normalized spacial score (nSPS) is 11.1. The largest absolute Gasteiger partial charge is 0.349 e. The number of hydrogen-bond acceptors (Lipinski definition) is 4. The van der Waals surface area contributed by atoms with Gasteiger partial charge >= 0.3 is 0 Å². The Morgan fingerprint density at radius 2 is 1.73 bits per heavy atom. The summed E-state index contributed by atoms with van der Waals surface area (Å²) in [6.45, 7) is 2.28. The van der Waals surface area contributed by atoms with Crippen molar-refractivity contribution in [2.45, 2.75) is 26.3 Å². The highest BCUT2D eigenvalue weighted by atomic mass is 16.1. The van der Waals surface area contributed by atoms with Gasteiger partial charge in [-0.05, 0) is 6.42 Å². The summed E-state index contributed by atoms with van der Waals surface area (Å²) in [7, 11) is 0. The van der Waals surface area contributed by atoms with Crippen LogP contribution in [0, 0.1) is 0 Å². The lowest BCUT2D eigenvalue weighted by Crippen LogP contribution is -2.23. The molecule has 0 atom stereocenters. The molecule has 4 aromatic rings. The number of hydrogen-bond donors (Lipinski definition) is 1. The van der Waals surface area contributed by atoms with Crippen LogP contribution >= 0.6 is 0 Å². The molecular weight excluding hydrogens is 326 g/mol. The Kier molecular flexibility index (Phi) is 4.31. The molecule has 1 N–H and O–H groups in total. The predicted molar refractivity (Wildman–Crippen MR) is 100 cm³/mol. The molecule has 2 aromatic carbocycles. The van der Waals surface area contributed by atoms with Gasteiger partial charge in [0.05, 0.1) is 12.2 Å². The topological polar surface area (TPSA) is 72.2 Å². The lowest BCUT2D eigenvalue weighted by molar-refractivity contribution is -0.121. The quantitative estimate of drug-likeness (QED) is 0.602. The average molecular weight is 345 g/mol. The molecule has 130 valence electrons. The lowest BCUT2D eigenvalue weighted by Gasteiger charge is -2.09. The van der Waals surface area contributed by atoms with E-state index in [2.05, 4.69) is 15.5 Å². The van der Waals surface area contributed by atoms with Gasteiger partial charge in [-0.3, -0.25) is 4.79 Å². The van der Waals surface area contributed by atoms with Crippen LogP contribution in [-0.2, 0) is 11.3 Å². The summed E-state index contributed by atoms with van der Waals surface area (Å²) in [5.41, 5.74) is 2.59. The predicted octanol–water partition coefficient (Wildman–Crippen LogP) is 3.36. The third-order valence-electron chi connectivity index (χ3n) is 4.30. The number of benzene rings is 2. The van der Waals surface area contributed by atoms with E-state index >= 15 is 0 Å². The van der Waals surface area contributed by atoms with E-state index < -0.39 is 0 Å². The maximum absolute atomic E-state index is 11.8. The molecule has 0 saturated carbocycles. The van der Waals surface area contributed by atoms with Gasteiger partial charge in [-0.25, -0.2) is 0 Å². The minimum Gasteiger partial charge on any atom is -0.349 e. The Morgan fingerprint density at radius 3 is 2.50 bits per heavy atom. The summed E-state index contributed by atoms with van der Waals surface area (Å²) in [4.78, 5) is 11.8. The molecule has 4 rings (SSSR count). The second-order valence-corrected chi connectivity index (χ2v) is 6.14. The molecule has 6 heteroatoms. The Bertz CT molecular complexity index is 1070. The first-order valence-corrected chi connectivity index (χ1v) is 8.73. The lowest BCUT2D eigenvalue weighted by atomic mass is 10.1. The number of aromatic nitrogens is 4. The van der Waals surface area contributed by atoms with Crippen LogP contribution in [0.4, 0.5) is 0 Å². The van der Waals surface area contributed by atoms with E-state index in [0.29, 0.717) is 24.4 Å². The van der Waals surface area contributed by atoms with Crippen molar-refractivity contribution in [2.75, 3.05) is 0 Å². The van der Waals surface area contributed by atoms with Gasteiger partial charge in [-0.2, -0.15) is 9.61 Å². The summed E-state index contributed by atoms with van der Waals surface area (Å²) < 4.78 is 1.73. The highest BCUT2D eigenvalue weighted by Crippen LogP contribution is 2.28. The van der Waals surface area contributed by atoms with Crippen molar-refractivity contribution in [2.24, 2.45) is 0 Å². The van der Waals surface area contributed by atoms with Crippen LogP contribution in [0.15, 0.2) is 54.6 Å². The number of nitrogens with one attached hydrogen (secondary N) is 1. The van der Waals surface area contributed by atoms with Gasteiger partial charge in [0.25, 0.3) is 0 Å². The van der Waals surface area contributed by atoms with Crippen LogP contribution in [0.25, 0.3) is 27.7 Å². The van der Waals surface area contributed by atoms with E-state index in [1.54, 1.807) is 4.52 Å². The standard InChI is InChI=1S/C20H19N5O/c1-2-8-18(26)21-13-17-22-23-20-16-12-7-6-11-15(16)19(24-25(17)20)14-9-4-3-5-10-14/h3-7,9-12H,2,8,13H2,1H3,(H,21,26). The number of carbonyl (C=O) groups is 1. The number of carbonyl (C=O) groups excluding carboxylic acids is 1. The van der Waals surface area contributed by atoms with E-state index in [0.717, 1.165) is 28.5 Å². The summed E-state index contributed by atoms with van der Waals surface area (Å²) in [5, 5.41) is 18.2. The minimum atomic E-state index is 0.00771. The molecule has 0 saturated heterocycles.